The molecule has 1 aliphatic heterocycles. The molecular formula is C19H22ClN5O5S. The first-order valence-electron chi connectivity index (χ1n) is 9.84. The molecule has 0 spiro atoms. The summed E-state index contributed by atoms with van der Waals surface area (Å²) in [5, 5.41) is 8.27. The van der Waals surface area contributed by atoms with Crippen molar-refractivity contribution in [1.29, 1.82) is 0 Å². The molecule has 0 bridgehead atoms. The monoisotopic (exact) mass is 467 g/mol. The lowest BCUT2D eigenvalue weighted by atomic mass is 9.95. The molecule has 2 heterocycles. The highest BCUT2D eigenvalue weighted by Gasteiger charge is 2.41. The van der Waals surface area contributed by atoms with Crippen molar-refractivity contribution in [3.63, 3.8) is 0 Å². The predicted molar refractivity (Wildman–Crippen MR) is 116 cm³/mol. The van der Waals surface area contributed by atoms with Gasteiger partial charge in [-0.25, -0.2) is 18.3 Å². The van der Waals surface area contributed by atoms with Gasteiger partial charge in [0.15, 0.2) is 0 Å². The molecule has 2 aromatic rings. The number of hydrogen-bond acceptors (Lipinski definition) is 7. The van der Waals surface area contributed by atoms with E-state index in [4.69, 9.17) is 16.3 Å². The Balaban J connectivity index is 1.23. The Morgan fingerprint density at radius 1 is 1.26 bits per heavy atom. The topological polar surface area (TPSA) is 133 Å². The molecule has 12 heteroatoms. The van der Waals surface area contributed by atoms with Crippen LogP contribution in [-0.4, -0.2) is 55.2 Å². The van der Waals surface area contributed by atoms with Crippen molar-refractivity contribution in [2.45, 2.75) is 36.7 Å². The third-order valence-electron chi connectivity index (χ3n) is 5.43. The average molecular weight is 468 g/mol. The number of nitrogens with zero attached hydrogens (tertiary/aromatic N) is 2. The number of nitrogens with one attached hydrogen (secondary N) is 3. The van der Waals surface area contributed by atoms with E-state index in [9.17, 15) is 18.0 Å². The molecule has 2 aliphatic rings. The molecule has 1 amide bonds. The fourth-order valence-corrected chi connectivity index (χ4v) is 5.44. The van der Waals surface area contributed by atoms with Gasteiger partial charge in [-0.1, -0.05) is 29.8 Å². The van der Waals surface area contributed by atoms with E-state index in [0.29, 0.717) is 30.9 Å². The van der Waals surface area contributed by atoms with Crippen LogP contribution in [0.3, 0.4) is 0 Å². The van der Waals surface area contributed by atoms with Crippen LogP contribution in [0.1, 0.15) is 19.3 Å². The molecule has 31 heavy (non-hydrogen) atoms. The molecule has 3 N–H and O–H groups in total. The van der Waals surface area contributed by atoms with Crippen molar-refractivity contribution < 1.29 is 17.9 Å². The van der Waals surface area contributed by atoms with Crippen molar-refractivity contribution in [1.82, 2.24) is 15.5 Å². The van der Waals surface area contributed by atoms with E-state index in [1.165, 1.54) is 6.20 Å². The van der Waals surface area contributed by atoms with Gasteiger partial charge < -0.3 is 15.0 Å². The van der Waals surface area contributed by atoms with Crippen molar-refractivity contribution in [2.75, 3.05) is 22.7 Å². The molecular weight excluding hydrogens is 446 g/mol. The number of carbonyl (C=O) groups is 1. The molecule has 0 unspecified atom stereocenters. The number of amides is 1. The van der Waals surface area contributed by atoms with Gasteiger partial charge in [0.05, 0.1) is 23.2 Å². The minimum atomic E-state index is -3.53. The second kappa shape index (κ2) is 8.75. The first-order chi connectivity index (χ1) is 14.8. The number of para-hydroxylation sites is 1. The number of alkyl carbamates (subject to hydrolysis) is 1. The number of hydrogen-bond donors (Lipinski definition) is 3. The first kappa shape index (κ1) is 21.4. The smallest absolute Gasteiger partial charge is 0.407 e. The number of H-pyrrole nitrogens is 1. The second-order valence-corrected chi connectivity index (χ2v) is 9.95. The summed E-state index contributed by atoms with van der Waals surface area (Å²) < 4.78 is 32.7. The van der Waals surface area contributed by atoms with Crippen molar-refractivity contribution >= 4 is 39.1 Å². The molecule has 4 rings (SSSR count). The molecule has 1 aliphatic carbocycles. The Bertz CT molecular complexity index is 1100. The molecule has 1 atom stereocenters. The van der Waals surface area contributed by atoms with Gasteiger partial charge in [0.2, 0.25) is 10.0 Å². The summed E-state index contributed by atoms with van der Waals surface area (Å²) in [6.07, 6.45) is 1.60. The molecule has 1 saturated carbocycles. The lowest BCUT2D eigenvalue weighted by molar-refractivity contribution is 0.0528. The van der Waals surface area contributed by atoms with Crippen molar-refractivity contribution in [3.05, 3.63) is 51.9 Å². The van der Waals surface area contributed by atoms with Crippen LogP contribution in [0.5, 0.6) is 0 Å². The van der Waals surface area contributed by atoms with Crippen LogP contribution in [0.15, 0.2) is 41.3 Å². The second-order valence-electron chi connectivity index (χ2n) is 7.61. The van der Waals surface area contributed by atoms with E-state index >= 15 is 0 Å². The van der Waals surface area contributed by atoms with E-state index in [-0.39, 0.29) is 23.9 Å². The minimum absolute atomic E-state index is 0.0593. The quantitative estimate of drug-likeness (QED) is 0.588. The van der Waals surface area contributed by atoms with Gasteiger partial charge in [0.1, 0.15) is 11.1 Å². The van der Waals surface area contributed by atoms with Gasteiger partial charge in [-0.3, -0.25) is 9.52 Å². The number of aromatic amines is 1. The normalized spacial score (nSPS) is 23.1. The maximum absolute atomic E-state index is 12.4. The minimum Gasteiger partial charge on any atom is -0.446 e. The highest BCUT2D eigenvalue weighted by Crippen LogP contribution is 2.31. The van der Waals surface area contributed by atoms with E-state index in [1.54, 1.807) is 30.3 Å². The Labute approximate surface area is 184 Å². The van der Waals surface area contributed by atoms with Crippen LogP contribution >= 0.6 is 11.6 Å². The summed E-state index contributed by atoms with van der Waals surface area (Å²) in [5.41, 5.74) is 0.554. The molecule has 2 fully saturated rings. The number of sulfonamides is 1. The zero-order chi connectivity index (χ0) is 22.0. The average Bonchev–Trinajstić information content (AvgIpc) is 3.15. The lowest BCUT2D eigenvalue weighted by Gasteiger charge is -2.34. The molecule has 1 saturated heterocycles. The van der Waals surface area contributed by atoms with Crippen molar-refractivity contribution in [2.24, 2.45) is 0 Å². The number of carbonyl (C=O) groups excluding carboxylic acids is 1. The van der Waals surface area contributed by atoms with Crippen molar-refractivity contribution in [3.8, 4) is 0 Å². The van der Waals surface area contributed by atoms with Crippen LogP contribution in [-0.2, 0) is 14.8 Å². The molecule has 10 nitrogen and oxygen atoms in total. The van der Waals surface area contributed by atoms with Crippen LogP contribution in [0.2, 0.25) is 5.02 Å². The van der Waals surface area contributed by atoms with E-state index in [2.05, 4.69) is 20.2 Å². The predicted octanol–water partition coefficient (Wildman–Crippen LogP) is 1.70. The summed E-state index contributed by atoms with van der Waals surface area (Å²) in [4.78, 5) is 25.7. The van der Waals surface area contributed by atoms with Gasteiger partial charge in [0, 0.05) is 31.6 Å². The Kier molecular flexibility index (Phi) is 6.05. The number of benzene rings is 1. The maximum Gasteiger partial charge on any atom is 0.407 e. The van der Waals surface area contributed by atoms with Gasteiger partial charge in [-0.05, 0) is 18.6 Å². The highest BCUT2D eigenvalue weighted by atomic mass is 35.5. The maximum atomic E-state index is 12.4. The van der Waals surface area contributed by atoms with E-state index < -0.39 is 33.0 Å². The fourth-order valence-electron chi connectivity index (χ4n) is 3.66. The zero-order valence-corrected chi connectivity index (χ0v) is 18.0. The SMILES string of the molecule is O=C(N[C@@H]1CCN(c2cn[nH]c(=O)c2Cl)C1)OC1CC(S(=O)(=O)Nc2ccccc2)C1. The first-order valence-corrected chi connectivity index (χ1v) is 11.8. The number of aromatic nitrogens is 2. The fraction of sp³-hybridized carbons (Fsp3) is 0.421. The zero-order valence-electron chi connectivity index (χ0n) is 16.5. The number of halogens is 1. The number of anilines is 2. The van der Waals surface area contributed by atoms with Gasteiger partial charge in [-0.2, -0.15) is 5.10 Å². The van der Waals surface area contributed by atoms with Crippen LogP contribution in [0.25, 0.3) is 0 Å². The molecule has 1 aromatic carbocycles. The Morgan fingerprint density at radius 2 is 2.00 bits per heavy atom. The summed E-state index contributed by atoms with van der Waals surface area (Å²) in [7, 11) is -3.53. The van der Waals surface area contributed by atoms with Gasteiger partial charge >= 0.3 is 6.09 Å². The van der Waals surface area contributed by atoms with E-state index in [0.717, 1.165) is 0 Å². The largest absolute Gasteiger partial charge is 0.446 e. The number of ether oxygens (including phenoxy) is 1. The van der Waals surface area contributed by atoms with Crippen LogP contribution < -0.4 is 20.5 Å². The summed E-state index contributed by atoms with van der Waals surface area (Å²) in [6.45, 7) is 1.06. The van der Waals surface area contributed by atoms with Crippen LogP contribution in [0, 0.1) is 0 Å². The molecule has 0 radical (unpaired) electrons. The summed E-state index contributed by atoms with van der Waals surface area (Å²) in [6, 6.07) is 8.48. The standard InChI is InChI=1S/C19H22ClN5O5S/c20-17-16(10-21-23-18(17)26)25-7-6-13(11-25)22-19(27)30-14-8-15(9-14)31(28,29)24-12-4-2-1-3-5-12/h1-5,10,13-15,24H,6-9,11H2,(H,22,27)(H,23,26)/t13-,14?,15?/m1/s1. The Morgan fingerprint density at radius 3 is 2.74 bits per heavy atom. The summed E-state index contributed by atoms with van der Waals surface area (Å²) in [5.74, 6) is 0. The third-order valence-corrected chi connectivity index (χ3v) is 7.57. The Hall–Kier alpha value is -2.79. The molecule has 1 aromatic heterocycles. The summed E-state index contributed by atoms with van der Waals surface area (Å²) >= 11 is 6.03. The van der Waals surface area contributed by atoms with Crippen LogP contribution in [0.4, 0.5) is 16.2 Å². The van der Waals surface area contributed by atoms with E-state index in [1.807, 2.05) is 4.90 Å². The van der Waals surface area contributed by atoms with Gasteiger partial charge in [0.25, 0.3) is 5.56 Å². The lowest BCUT2D eigenvalue weighted by Crippen LogP contribution is -2.47. The number of rotatable bonds is 6. The highest BCUT2D eigenvalue weighted by molar-refractivity contribution is 7.93. The third kappa shape index (κ3) is 4.93. The molecule has 166 valence electrons. The van der Waals surface area contributed by atoms with Gasteiger partial charge in [-0.15, -0.1) is 0 Å².